The molecule has 84 valence electrons. The van der Waals surface area contributed by atoms with Crippen molar-refractivity contribution in [2.24, 2.45) is 0 Å². The molecule has 0 aromatic heterocycles. The molecule has 0 heterocycles. The Hall–Kier alpha value is -1.67. The highest BCUT2D eigenvalue weighted by Crippen LogP contribution is 2.08. The first kappa shape index (κ1) is 13.4. The Labute approximate surface area is 107 Å². The number of hydroxylamine groups is 1. The van der Waals surface area contributed by atoms with Crippen LogP contribution in [-0.2, 0) is 9.59 Å². The Bertz CT molecular complexity index is 480. The van der Waals surface area contributed by atoms with Crippen molar-refractivity contribution in [2.75, 3.05) is 0 Å². The van der Waals surface area contributed by atoms with Crippen molar-refractivity contribution >= 4 is 39.0 Å². The summed E-state index contributed by atoms with van der Waals surface area (Å²) in [6, 6.07) is 7.27. The molecule has 0 spiro atoms. The van der Waals surface area contributed by atoms with Gasteiger partial charge in [-0.05, 0) is 29.3 Å². The Morgan fingerprint density at radius 3 is 2.29 bits per heavy atom. The van der Waals surface area contributed by atoms with Gasteiger partial charge in [0.2, 0.25) is 16.3 Å². The number of carbonyl (C=O) groups is 2. The summed E-state index contributed by atoms with van der Waals surface area (Å²) in [6.07, 6.45) is 5.89. The van der Waals surface area contributed by atoms with Crippen LogP contribution >= 0.6 is 0 Å². The van der Waals surface area contributed by atoms with Crippen LogP contribution < -0.4 is 5.48 Å². The summed E-state index contributed by atoms with van der Waals surface area (Å²) >= 11 is 2.06. The van der Waals surface area contributed by atoms with E-state index in [1.807, 2.05) is 18.2 Å². The summed E-state index contributed by atoms with van der Waals surface area (Å²) in [6.45, 7) is 0. The summed E-state index contributed by atoms with van der Waals surface area (Å²) < 4.78 is -0.106. The van der Waals surface area contributed by atoms with Crippen LogP contribution in [0.3, 0.4) is 0 Å². The summed E-state index contributed by atoms with van der Waals surface area (Å²) in [4.78, 5) is 21.5. The van der Waals surface area contributed by atoms with Crippen LogP contribution in [0.15, 0.2) is 36.4 Å². The number of nitrogens with one attached hydrogen (secondary N) is 1. The van der Waals surface area contributed by atoms with Gasteiger partial charge in [0.15, 0.2) is 0 Å². The zero-order valence-corrected chi connectivity index (χ0v) is 10.1. The van der Waals surface area contributed by atoms with Gasteiger partial charge in [0.25, 0.3) is 5.91 Å². The SMILES string of the molecule is O=[C]([Al])/C=C/c1cccc(/C=C/C(=O)NO)c1. The molecule has 0 saturated heterocycles. The van der Waals surface area contributed by atoms with Crippen molar-refractivity contribution in [3.63, 3.8) is 0 Å². The lowest BCUT2D eigenvalue weighted by Gasteiger charge is -1.96. The van der Waals surface area contributed by atoms with Crippen molar-refractivity contribution in [1.82, 2.24) is 5.48 Å². The molecule has 0 unspecified atom stereocenters. The number of benzene rings is 1. The molecule has 0 atom stereocenters. The Morgan fingerprint density at radius 2 is 1.76 bits per heavy atom. The van der Waals surface area contributed by atoms with Gasteiger partial charge in [-0.2, -0.15) is 0 Å². The van der Waals surface area contributed by atoms with Gasteiger partial charge < -0.3 is 4.79 Å². The van der Waals surface area contributed by atoms with Crippen LogP contribution in [0.1, 0.15) is 11.1 Å². The Kier molecular flexibility index (Phi) is 5.37. The molecule has 2 radical (unpaired) electrons. The predicted octanol–water partition coefficient (Wildman–Crippen LogP) is 0.913. The third kappa shape index (κ3) is 5.27. The van der Waals surface area contributed by atoms with Crippen molar-refractivity contribution in [3.05, 3.63) is 47.5 Å². The lowest BCUT2D eigenvalue weighted by atomic mass is 10.1. The van der Waals surface area contributed by atoms with Crippen molar-refractivity contribution in [3.8, 4) is 0 Å². The van der Waals surface area contributed by atoms with E-state index in [1.54, 1.807) is 18.2 Å². The smallest absolute Gasteiger partial charge is 0.267 e. The molecule has 0 fully saturated rings. The molecule has 0 aliphatic heterocycles. The fourth-order valence-corrected chi connectivity index (χ4v) is 1.25. The summed E-state index contributed by atoms with van der Waals surface area (Å²) in [5.41, 5.74) is 3.15. The van der Waals surface area contributed by atoms with Gasteiger partial charge >= 0.3 is 0 Å². The van der Waals surface area contributed by atoms with Gasteiger partial charge in [0, 0.05) is 10.7 Å². The zero-order chi connectivity index (χ0) is 12.7. The van der Waals surface area contributed by atoms with E-state index >= 15 is 0 Å². The van der Waals surface area contributed by atoms with E-state index in [1.165, 1.54) is 17.6 Å². The minimum atomic E-state index is -0.592. The lowest BCUT2D eigenvalue weighted by molar-refractivity contribution is -0.124. The van der Waals surface area contributed by atoms with E-state index in [0.717, 1.165) is 11.1 Å². The fraction of sp³-hybridized carbons (Fsp3) is 0. The largest absolute Gasteiger partial charge is 0.319 e. The molecule has 0 saturated carbocycles. The van der Waals surface area contributed by atoms with Crippen LogP contribution in [0.25, 0.3) is 12.2 Å². The maximum atomic E-state index is 10.8. The quantitative estimate of drug-likeness (QED) is 0.357. The second-order valence-corrected chi connectivity index (χ2v) is 3.78. The normalized spacial score (nSPS) is 10.9. The molecule has 0 aliphatic carbocycles. The number of hydrogen-bond acceptors (Lipinski definition) is 3. The summed E-state index contributed by atoms with van der Waals surface area (Å²) in [5, 5.41) is 8.31. The molecule has 5 heteroatoms. The first-order valence-electron chi connectivity index (χ1n) is 4.81. The molecular formula is C12H10AlNO3. The molecule has 17 heavy (non-hydrogen) atoms. The standard InChI is InChI=1S/C12H10NO3.Al/c14-8-2-5-10-3-1-4-11(9-10)6-7-12(15)13-16;/h1-7,9,16H,(H,13,15);/b5-2+,7-6+;. The van der Waals surface area contributed by atoms with Gasteiger partial charge in [-0.1, -0.05) is 24.3 Å². The molecule has 0 aliphatic rings. The molecule has 0 bridgehead atoms. The maximum Gasteiger partial charge on any atom is 0.267 e. The lowest BCUT2D eigenvalue weighted by Crippen LogP contribution is -2.14. The predicted molar refractivity (Wildman–Crippen MR) is 65.2 cm³/mol. The van der Waals surface area contributed by atoms with Crippen molar-refractivity contribution in [2.45, 2.75) is 0 Å². The van der Waals surface area contributed by atoms with Gasteiger partial charge in [0.1, 0.15) is 0 Å². The van der Waals surface area contributed by atoms with Gasteiger partial charge in [0.05, 0.1) is 0 Å². The number of hydrogen-bond donors (Lipinski definition) is 2. The second-order valence-electron chi connectivity index (χ2n) is 3.22. The van der Waals surface area contributed by atoms with E-state index in [9.17, 15) is 9.59 Å². The van der Waals surface area contributed by atoms with E-state index in [0.29, 0.717) is 0 Å². The molecular weight excluding hydrogens is 233 g/mol. The highest BCUT2D eigenvalue weighted by atomic mass is 27.0. The first-order chi connectivity index (χ1) is 8.11. The topological polar surface area (TPSA) is 66.4 Å². The van der Waals surface area contributed by atoms with Crippen molar-refractivity contribution < 1.29 is 14.8 Å². The maximum absolute atomic E-state index is 10.8. The average molecular weight is 243 g/mol. The third-order valence-electron chi connectivity index (χ3n) is 1.89. The molecule has 4 nitrogen and oxygen atoms in total. The van der Waals surface area contributed by atoms with Crippen LogP contribution in [0.2, 0.25) is 0 Å². The van der Waals surface area contributed by atoms with E-state index in [-0.39, 0.29) is 4.65 Å². The Morgan fingerprint density at radius 1 is 1.18 bits per heavy atom. The minimum absolute atomic E-state index is 0.106. The molecule has 2 N–H and O–H groups in total. The molecule has 1 amide bonds. The fourth-order valence-electron chi connectivity index (χ4n) is 1.15. The van der Waals surface area contributed by atoms with E-state index in [4.69, 9.17) is 5.21 Å². The summed E-state index contributed by atoms with van der Waals surface area (Å²) in [7, 11) is 0. The van der Waals surface area contributed by atoms with Crippen LogP contribution in [0, 0.1) is 0 Å². The molecule has 1 rings (SSSR count). The van der Waals surface area contributed by atoms with E-state index < -0.39 is 5.91 Å². The van der Waals surface area contributed by atoms with Gasteiger partial charge in [-0.3, -0.25) is 10.0 Å². The third-order valence-corrected chi connectivity index (χ3v) is 2.08. The first-order valence-corrected chi connectivity index (χ1v) is 5.39. The van der Waals surface area contributed by atoms with Crippen LogP contribution in [-0.4, -0.2) is 32.0 Å². The number of carbonyl (C=O) groups excluding carboxylic acids is 2. The monoisotopic (exact) mass is 243 g/mol. The second kappa shape index (κ2) is 6.82. The van der Waals surface area contributed by atoms with Gasteiger partial charge in [-0.15, -0.1) is 0 Å². The van der Waals surface area contributed by atoms with Crippen molar-refractivity contribution in [1.29, 1.82) is 0 Å². The molecule has 1 aromatic rings. The highest BCUT2D eigenvalue weighted by Gasteiger charge is 1.93. The van der Waals surface area contributed by atoms with E-state index in [2.05, 4.69) is 16.3 Å². The van der Waals surface area contributed by atoms with Crippen LogP contribution in [0.5, 0.6) is 0 Å². The van der Waals surface area contributed by atoms with Gasteiger partial charge in [-0.25, -0.2) is 5.48 Å². The highest BCUT2D eigenvalue weighted by molar-refractivity contribution is 6.61. The summed E-state index contributed by atoms with van der Waals surface area (Å²) in [5.74, 6) is -0.592. The average Bonchev–Trinajstić information content (AvgIpc) is 2.34. The number of amides is 1. The Balaban J connectivity index is 2.82. The van der Waals surface area contributed by atoms with Crippen LogP contribution in [0.4, 0.5) is 0 Å². The minimum Gasteiger partial charge on any atom is -0.319 e. The number of rotatable bonds is 4. The zero-order valence-electron chi connectivity index (χ0n) is 8.96. The number of allylic oxidation sites excluding steroid dienone is 1. The molecule has 1 aromatic carbocycles.